The highest BCUT2D eigenvalue weighted by Gasteiger charge is 2.83. The third-order valence-corrected chi connectivity index (χ3v) is 6.14. The summed E-state index contributed by atoms with van der Waals surface area (Å²) in [4.78, 5) is 11.1. The minimum atomic E-state index is -7.12. The third-order valence-electron chi connectivity index (χ3n) is 3.31. The lowest BCUT2D eigenvalue weighted by molar-refractivity contribution is -0.388. The van der Waals surface area contributed by atoms with E-state index in [1.165, 1.54) is 26.6 Å². The quantitative estimate of drug-likeness (QED) is 0.332. The number of hydrogen-bond donors (Lipinski definition) is 1. The molecule has 15 heteroatoms. The lowest BCUT2D eigenvalue weighted by Crippen LogP contribution is -2.65. The summed E-state index contributed by atoms with van der Waals surface area (Å²) in [6, 6.07) is -0.0859. The molecule has 0 spiro atoms. The third kappa shape index (κ3) is 4.61. The van der Waals surface area contributed by atoms with Crippen LogP contribution in [0.4, 0.5) is 39.5 Å². The molecule has 1 N–H and O–H groups in total. The van der Waals surface area contributed by atoms with Crippen molar-refractivity contribution in [1.82, 2.24) is 5.32 Å². The van der Waals surface area contributed by atoms with Crippen LogP contribution < -0.4 is 5.32 Å². The highest BCUT2D eigenvalue weighted by molar-refractivity contribution is 6.60. The fraction of sp³-hybridized carbons (Fsp3) is 0.909. The maximum absolute atomic E-state index is 13.3. The standard InChI is InChI=1S/C11H16F9NO4Si/c1-23-26(24-2,25-3)6-4-5-21-7(22)8(12,13)9(14,15)10(16,17)11(18,19)20/h4-6H2,1-3H3,(H,21,22). The van der Waals surface area contributed by atoms with Gasteiger partial charge in [-0.05, 0) is 6.42 Å². The Morgan fingerprint density at radius 3 is 1.62 bits per heavy atom. The second kappa shape index (κ2) is 8.31. The minimum absolute atomic E-state index is 0.0859. The van der Waals surface area contributed by atoms with Gasteiger partial charge in [-0.2, -0.15) is 39.5 Å². The van der Waals surface area contributed by atoms with E-state index in [0.29, 0.717) is 0 Å². The highest BCUT2D eigenvalue weighted by Crippen LogP contribution is 2.53. The number of hydrogen-bond acceptors (Lipinski definition) is 4. The molecule has 156 valence electrons. The van der Waals surface area contributed by atoms with Gasteiger partial charge in [0.1, 0.15) is 0 Å². The van der Waals surface area contributed by atoms with E-state index < -0.39 is 45.2 Å². The lowest BCUT2D eigenvalue weighted by atomic mass is 10.0. The van der Waals surface area contributed by atoms with Gasteiger partial charge in [0.25, 0.3) is 5.91 Å². The summed E-state index contributed by atoms with van der Waals surface area (Å²) in [7, 11) is 0.418. The van der Waals surface area contributed by atoms with Gasteiger partial charge in [-0.15, -0.1) is 0 Å². The van der Waals surface area contributed by atoms with Gasteiger partial charge >= 0.3 is 32.7 Å². The largest absolute Gasteiger partial charge is 0.500 e. The smallest absolute Gasteiger partial charge is 0.377 e. The highest BCUT2D eigenvalue weighted by atomic mass is 28.4. The maximum Gasteiger partial charge on any atom is 0.500 e. The van der Waals surface area contributed by atoms with Gasteiger partial charge in [0.2, 0.25) is 0 Å². The van der Waals surface area contributed by atoms with E-state index in [1.54, 1.807) is 0 Å². The Kier molecular flexibility index (Phi) is 7.97. The fourth-order valence-electron chi connectivity index (χ4n) is 1.69. The Morgan fingerprint density at radius 1 is 0.846 bits per heavy atom. The van der Waals surface area contributed by atoms with E-state index >= 15 is 0 Å². The van der Waals surface area contributed by atoms with Crippen LogP contribution in [0.15, 0.2) is 0 Å². The molecule has 0 aromatic carbocycles. The molecule has 0 aliphatic rings. The van der Waals surface area contributed by atoms with E-state index in [4.69, 9.17) is 13.3 Å². The van der Waals surface area contributed by atoms with Crippen LogP contribution in [-0.4, -0.2) is 66.5 Å². The van der Waals surface area contributed by atoms with Gasteiger partial charge in [0.15, 0.2) is 0 Å². The molecule has 0 fully saturated rings. The first-order chi connectivity index (χ1) is 11.6. The van der Waals surface area contributed by atoms with Gasteiger partial charge in [-0.1, -0.05) is 0 Å². The van der Waals surface area contributed by atoms with Crippen LogP contribution >= 0.6 is 0 Å². The van der Waals surface area contributed by atoms with Gasteiger partial charge in [0.05, 0.1) is 0 Å². The maximum atomic E-state index is 13.3. The summed E-state index contributed by atoms with van der Waals surface area (Å²) in [6.45, 7) is -0.757. The average molecular weight is 425 g/mol. The molecule has 0 aliphatic carbocycles. The molecule has 0 atom stereocenters. The van der Waals surface area contributed by atoms with Crippen molar-refractivity contribution in [2.45, 2.75) is 36.4 Å². The summed E-state index contributed by atoms with van der Waals surface area (Å²) >= 11 is 0. The van der Waals surface area contributed by atoms with Crippen LogP contribution in [0.2, 0.25) is 6.04 Å². The number of carbonyl (C=O) groups excluding carboxylic acids is 1. The molecular formula is C11H16F9NO4Si. The zero-order valence-corrected chi connectivity index (χ0v) is 14.7. The average Bonchev–Trinajstić information content (AvgIpc) is 2.54. The van der Waals surface area contributed by atoms with Crippen molar-refractivity contribution >= 4 is 14.7 Å². The molecular weight excluding hydrogens is 409 g/mol. The second-order valence-corrected chi connectivity index (χ2v) is 7.97. The van der Waals surface area contributed by atoms with Crippen molar-refractivity contribution in [1.29, 1.82) is 0 Å². The molecule has 0 aromatic rings. The summed E-state index contributed by atoms with van der Waals surface area (Å²) < 4.78 is 129. The Bertz CT molecular complexity index is 475. The zero-order valence-electron chi connectivity index (χ0n) is 13.7. The number of alkyl halides is 9. The fourth-order valence-corrected chi connectivity index (χ4v) is 3.41. The van der Waals surface area contributed by atoms with Crippen molar-refractivity contribution in [3.05, 3.63) is 0 Å². The van der Waals surface area contributed by atoms with E-state index in [0.717, 1.165) is 0 Å². The molecule has 0 saturated heterocycles. The molecule has 1 amide bonds. The predicted molar refractivity (Wildman–Crippen MR) is 70.1 cm³/mol. The number of carbonyl (C=O) groups is 1. The second-order valence-electron chi connectivity index (χ2n) is 4.88. The van der Waals surface area contributed by atoms with Crippen molar-refractivity contribution in [3.63, 3.8) is 0 Å². The first-order valence-corrected chi connectivity index (χ1v) is 8.63. The van der Waals surface area contributed by atoms with Crippen LogP contribution in [0.3, 0.4) is 0 Å². The van der Waals surface area contributed by atoms with Gasteiger partial charge in [-0.3, -0.25) is 4.79 Å². The van der Waals surface area contributed by atoms with Crippen LogP contribution in [-0.2, 0) is 18.1 Å². The summed E-state index contributed by atoms with van der Waals surface area (Å²) in [5.74, 6) is -23.4. The predicted octanol–water partition coefficient (Wildman–Crippen LogP) is 2.84. The van der Waals surface area contributed by atoms with Crippen LogP contribution in [0.5, 0.6) is 0 Å². The molecule has 0 aromatic heterocycles. The summed E-state index contributed by atoms with van der Waals surface area (Å²) in [6.07, 6.45) is -7.22. The number of rotatable bonds is 10. The first kappa shape index (κ1) is 24.9. The first-order valence-electron chi connectivity index (χ1n) is 6.70. The van der Waals surface area contributed by atoms with Crippen molar-refractivity contribution < 1.29 is 57.6 Å². The molecule has 0 bridgehead atoms. The van der Waals surface area contributed by atoms with Gasteiger partial charge in [0, 0.05) is 33.9 Å². The summed E-state index contributed by atoms with van der Waals surface area (Å²) in [5, 5.41) is 1.18. The molecule has 0 aliphatic heterocycles. The van der Waals surface area contributed by atoms with Crippen molar-refractivity contribution in [2.75, 3.05) is 27.9 Å². The van der Waals surface area contributed by atoms with Crippen molar-refractivity contribution in [3.8, 4) is 0 Å². The number of halogens is 9. The van der Waals surface area contributed by atoms with E-state index in [2.05, 4.69) is 0 Å². The van der Waals surface area contributed by atoms with Crippen LogP contribution in [0.25, 0.3) is 0 Å². The van der Waals surface area contributed by atoms with E-state index in [9.17, 15) is 44.3 Å². The molecule has 0 unspecified atom stereocenters. The number of amides is 1. The van der Waals surface area contributed by atoms with Crippen LogP contribution in [0, 0.1) is 0 Å². The Balaban J connectivity index is 5.04. The topological polar surface area (TPSA) is 56.8 Å². The Morgan fingerprint density at radius 2 is 1.27 bits per heavy atom. The molecule has 0 rings (SSSR count). The molecule has 0 radical (unpaired) electrons. The van der Waals surface area contributed by atoms with Gasteiger partial charge in [-0.25, -0.2) is 0 Å². The van der Waals surface area contributed by atoms with Crippen LogP contribution in [0.1, 0.15) is 6.42 Å². The monoisotopic (exact) mass is 425 g/mol. The summed E-state index contributed by atoms with van der Waals surface area (Å²) in [5.41, 5.74) is 0. The Labute approximate surface area is 143 Å². The van der Waals surface area contributed by atoms with Gasteiger partial charge < -0.3 is 18.6 Å². The molecule has 0 heterocycles. The molecule has 5 nitrogen and oxygen atoms in total. The number of nitrogens with one attached hydrogen (secondary N) is 1. The SMILES string of the molecule is CO[Si](CCCNC(=O)C(F)(F)C(F)(F)C(F)(F)C(F)(F)F)(OC)OC. The Hall–Kier alpha value is -1.06. The zero-order chi connectivity index (χ0) is 21.0. The molecule has 26 heavy (non-hydrogen) atoms. The van der Waals surface area contributed by atoms with E-state index in [1.807, 2.05) is 0 Å². The van der Waals surface area contributed by atoms with Crippen molar-refractivity contribution in [2.24, 2.45) is 0 Å². The minimum Gasteiger partial charge on any atom is -0.377 e. The van der Waals surface area contributed by atoms with E-state index in [-0.39, 0.29) is 12.5 Å². The lowest BCUT2D eigenvalue weighted by Gasteiger charge is -2.32. The normalized spacial score (nSPS) is 14.5. The molecule has 0 saturated carbocycles.